The molecular formula is C23H26N4O. The van der Waals surface area contributed by atoms with Crippen molar-refractivity contribution in [3.05, 3.63) is 84.2 Å². The van der Waals surface area contributed by atoms with E-state index < -0.39 is 0 Å². The standard InChI is InChI=1S/C23H26N4O/c28-23(22(26-15-7-8-16-26)20-9-3-1-4-10-20)24-14-13-19-17-25-27(18-19)21-11-5-2-6-12-21/h1-6,9-12,17-18,22H,7-8,13-16H2,(H,24,28). The Morgan fingerprint density at radius 2 is 1.68 bits per heavy atom. The smallest absolute Gasteiger partial charge is 0.241 e. The van der Waals surface area contributed by atoms with Crippen molar-refractivity contribution < 1.29 is 4.79 Å². The first-order chi connectivity index (χ1) is 13.8. The topological polar surface area (TPSA) is 50.2 Å². The summed E-state index contributed by atoms with van der Waals surface area (Å²) in [7, 11) is 0. The summed E-state index contributed by atoms with van der Waals surface area (Å²) < 4.78 is 1.87. The highest BCUT2D eigenvalue weighted by Crippen LogP contribution is 2.25. The zero-order chi connectivity index (χ0) is 19.2. The van der Waals surface area contributed by atoms with Gasteiger partial charge in [0, 0.05) is 12.7 Å². The highest BCUT2D eigenvalue weighted by atomic mass is 16.2. The van der Waals surface area contributed by atoms with Gasteiger partial charge in [-0.15, -0.1) is 0 Å². The van der Waals surface area contributed by atoms with Crippen LogP contribution in [0.1, 0.15) is 30.0 Å². The van der Waals surface area contributed by atoms with Crippen LogP contribution < -0.4 is 5.32 Å². The maximum atomic E-state index is 13.0. The second kappa shape index (κ2) is 8.85. The molecule has 3 aromatic rings. The highest BCUT2D eigenvalue weighted by molar-refractivity contribution is 5.83. The van der Waals surface area contributed by atoms with E-state index in [0.717, 1.165) is 49.2 Å². The molecule has 0 bridgehead atoms. The second-order valence-electron chi connectivity index (χ2n) is 7.23. The highest BCUT2D eigenvalue weighted by Gasteiger charge is 2.29. The summed E-state index contributed by atoms with van der Waals surface area (Å²) in [5.74, 6) is 0.0866. The summed E-state index contributed by atoms with van der Waals surface area (Å²) in [5.41, 5.74) is 3.22. The number of aromatic nitrogens is 2. The Hall–Kier alpha value is -2.92. The lowest BCUT2D eigenvalue weighted by Gasteiger charge is -2.26. The van der Waals surface area contributed by atoms with E-state index >= 15 is 0 Å². The van der Waals surface area contributed by atoms with Crippen LogP contribution in [0.2, 0.25) is 0 Å². The largest absolute Gasteiger partial charge is 0.354 e. The Labute approximate surface area is 166 Å². The maximum absolute atomic E-state index is 13.0. The van der Waals surface area contributed by atoms with Gasteiger partial charge in [0.25, 0.3) is 0 Å². The molecule has 2 aromatic carbocycles. The molecule has 144 valence electrons. The first-order valence-electron chi connectivity index (χ1n) is 9.97. The Morgan fingerprint density at radius 3 is 2.39 bits per heavy atom. The molecule has 1 saturated heterocycles. The van der Waals surface area contributed by atoms with Crippen LogP contribution in [0.3, 0.4) is 0 Å². The quantitative estimate of drug-likeness (QED) is 0.690. The zero-order valence-electron chi connectivity index (χ0n) is 16.0. The molecule has 1 unspecified atom stereocenters. The molecule has 1 aliphatic rings. The number of benzene rings is 2. The van der Waals surface area contributed by atoms with Crippen molar-refractivity contribution in [3.63, 3.8) is 0 Å². The van der Waals surface area contributed by atoms with E-state index in [4.69, 9.17) is 0 Å². The lowest BCUT2D eigenvalue weighted by molar-refractivity contribution is -0.126. The van der Waals surface area contributed by atoms with Gasteiger partial charge in [-0.25, -0.2) is 4.68 Å². The number of hydrogen-bond donors (Lipinski definition) is 1. The molecule has 2 heterocycles. The predicted octanol–water partition coefficient (Wildman–Crippen LogP) is 3.37. The van der Waals surface area contributed by atoms with Crippen molar-refractivity contribution in [2.75, 3.05) is 19.6 Å². The van der Waals surface area contributed by atoms with Crippen molar-refractivity contribution in [1.82, 2.24) is 20.0 Å². The molecule has 4 rings (SSSR count). The van der Waals surface area contributed by atoms with Gasteiger partial charge in [-0.3, -0.25) is 9.69 Å². The van der Waals surface area contributed by atoms with Crippen LogP contribution >= 0.6 is 0 Å². The summed E-state index contributed by atoms with van der Waals surface area (Å²) in [6.45, 7) is 2.57. The van der Waals surface area contributed by atoms with Gasteiger partial charge in [-0.1, -0.05) is 48.5 Å². The molecular weight excluding hydrogens is 348 g/mol. The van der Waals surface area contributed by atoms with E-state index in [1.54, 1.807) is 0 Å². The van der Waals surface area contributed by atoms with Gasteiger partial charge in [0.2, 0.25) is 5.91 Å². The third-order valence-corrected chi connectivity index (χ3v) is 5.24. The minimum atomic E-state index is -0.198. The first kappa shape index (κ1) is 18.4. The lowest BCUT2D eigenvalue weighted by Crippen LogP contribution is -2.40. The molecule has 5 heteroatoms. The maximum Gasteiger partial charge on any atom is 0.241 e. The van der Waals surface area contributed by atoms with Gasteiger partial charge >= 0.3 is 0 Å². The summed E-state index contributed by atoms with van der Waals surface area (Å²) in [6, 6.07) is 19.9. The van der Waals surface area contributed by atoms with Crippen molar-refractivity contribution in [3.8, 4) is 5.69 Å². The van der Waals surface area contributed by atoms with Gasteiger partial charge in [-0.05, 0) is 55.6 Å². The number of nitrogens with one attached hydrogen (secondary N) is 1. The SMILES string of the molecule is O=C(NCCc1cnn(-c2ccccc2)c1)C(c1ccccc1)N1CCCC1. The van der Waals surface area contributed by atoms with Crippen LogP contribution in [0.15, 0.2) is 73.1 Å². The molecule has 1 aliphatic heterocycles. The van der Waals surface area contributed by atoms with E-state index in [2.05, 4.69) is 15.3 Å². The van der Waals surface area contributed by atoms with Gasteiger partial charge in [0.1, 0.15) is 6.04 Å². The van der Waals surface area contributed by atoms with E-state index in [-0.39, 0.29) is 11.9 Å². The average molecular weight is 374 g/mol. The van der Waals surface area contributed by atoms with Crippen molar-refractivity contribution in [2.24, 2.45) is 0 Å². The fourth-order valence-electron chi connectivity index (χ4n) is 3.80. The summed E-state index contributed by atoms with van der Waals surface area (Å²) >= 11 is 0. The number of nitrogens with zero attached hydrogens (tertiary/aromatic N) is 3. The molecule has 1 fully saturated rings. The van der Waals surface area contributed by atoms with Crippen molar-refractivity contribution >= 4 is 5.91 Å². The van der Waals surface area contributed by atoms with Crippen molar-refractivity contribution in [1.29, 1.82) is 0 Å². The van der Waals surface area contributed by atoms with Gasteiger partial charge in [0.15, 0.2) is 0 Å². The van der Waals surface area contributed by atoms with Crippen LogP contribution in [0.5, 0.6) is 0 Å². The second-order valence-corrected chi connectivity index (χ2v) is 7.23. The number of carbonyl (C=O) groups excluding carboxylic acids is 1. The third-order valence-electron chi connectivity index (χ3n) is 5.24. The van der Waals surface area contributed by atoms with Crippen LogP contribution in [-0.2, 0) is 11.2 Å². The number of likely N-dealkylation sites (tertiary alicyclic amines) is 1. The molecule has 1 amide bonds. The molecule has 0 radical (unpaired) electrons. The lowest BCUT2D eigenvalue weighted by atomic mass is 10.0. The summed E-state index contributed by atoms with van der Waals surface area (Å²) in [4.78, 5) is 15.3. The fourth-order valence-corrected chi connectivity index (χ4v) is 3.80. The molecule has 1 atom stereocenters. The Bertz CT molecular complexity index is 885. The van der Waals surface area contributed by atoms with E-state index in [0.29, 0.717) is 6.54 Å². The Kier molecular flexibility index (Phi) is 5.83. The minimum absolute atomic E-state index is 0.0866. The van der Waals surface area contributed by atoms with Gasteiger partial charge in [0.05, 0.1) is 11.9 Å². The Balaban J connectivity index is 1.37. The molecule has 0 spiro atoms. The molecule has 0 saturated carbocycles. The zero-order valence-corrected chi connectivity index (χ0v) is 16.0. The van der Waals surface area contributed by atoms with Crippen LogP contribution in [-0.4, -0.2) is 40.2 Å². The third kappa shape index (κ3) is 4.31. The average Bonchev–Trinajstić information content (AvgIpc) is 3.42. The van der Waals surface area contributed by atoms with E-state index in [1.165, 1.54) is 0 Å². The molecule has 0 aliphatic carbocycles. The fraction of sp³-hybridized carbons (Fsp3) is 0.304. The normalized spacial score (nSPS) is 15.4. The first-order valence-corrected chi connectivity index (χ1v) is 9.97. The molecule has 1 N–H and O–H groups in total. The molecule has 1 aromatic heterocycles. The number of hydrogen-bond acceptors (Lipinski definition) is 3. The summed E-state index contributed by atoms with van der Waals surface area (Å²) in [6.07, 6.45) is 6.98. The van der Waals surface area contributed by atoms with Crippen LogP contribution in [0, 0.1) is 0 Å². The number of para-hydroxylation sites is 1. The van der Waals surface area contributed by atoms with E-state index in [9.17, 15) is 4.79 Å². The van der Waals surface area contributed by atoms with E-state index in [1.807, 2.05) is 77.7 Å². The molecule has 5 nitrogen and oxygen atoms in total. The molecule has 28 heavy (non-hydrogen) atoms. The van der Waals surface area contributed by atoms with Gasteiger partial charge in [-0.2, -0.15) is 5.10 Å². The van der Waals surface area contributed by atoms with Crippen LogP contribution in [0.4, 0.5) is 0 Å². The predicted molar refractivity (Wildman–Crippen MR) is 110 cm³/mol. The monoisotopic (exact) mass is 374 g/mol. The van der Waals surface area contributed by atoms with Crippen molar-refractivity contribution in [2.45, 2.75) is 25.3 Å². The minimum Gasteiger partial charge on any atom is -0.354 e. The van der Waals surface area contributed by atoms with Gasteiger partial charge < -0.3 is 5.32 Å². The number of amides is 1. The number of carbonyl (C=O) groups is 1. The van der Waals surface area contributed by atoms with Crippen LogP contribution in [0.25, 0.3) is 5.69 Å². The Morgan fingerprint density at radius 1 is 1.00 bits per heavy atom. The summed E-state index contributed by atoms with van der Waals surface area (Å²) in [5, 5.41) is 7.56. The number of rotatable bonds is 7.